The van der Waals surface area contributed by atoms with Crippen molar-refractivity contribution in [2.75, 3.05) is 19.6 Å². The number of hydrogen-bond acceptors (Lipinski definition) is 4. The van der Waals surface area contributed by atoms with Gasteiger partial charge in [0, 0.05) is 67.6 Å². The SMILES string of the molecule is C=Cc1cccc(N(c2cccc(N(c3cccc(C=C)c3)c3cccc4ccccc34)c2)c2cccc3ccccc23)c1.C=Cc1cccc(N(c2ccccc2)c2ccc(N(c3ccccc3)c3cccc(C=C)c3)cc2)c1. The van der Waals surface area contributed by atoms with Gasteiger partial charge in [0.2, 0.25) is 0 Å². The first-order valence-electron chi connectivity index (χ1n) is 26.9. The topological polar surface area (TPSA) is 13.0 Å². The van der Waals surface area contributed by atoms with E-state index < -0.39 is 0 Å². The van der Waals surface area contributed by atoms with Crippen molar-refractivity contribution < 1.29 is 0 Å². The second-order valence-corrected chi connectivity index (χ2v) is 19.2. The summed E-state index contributed by atoms with van der Waals surface area (Å²) in [7, 11) is 0. The molecule has 0 aliphatic carbocycles. The molecule has 4 heteroatoms. The molecular weight excluding hydrogens is 969 g/mol. The van der Waals surface area contributed by atoms with Crippen LogP contribution in [0.25, 0.3) is 45.8 Å². The number of nitrogens with zero attached hydrogens (tertiary/aromatic N) is 4. The first-order valence-corrected chi connectivity index (χ1v) is 26.9. The maximum Gasteiger partial charge on any atom is 0.0540 e. The molecule has 80 heavy (non-hydrogen) atoms. The molecule has 0 saturated heterocycles. The van der Waals surface area contributed by atoms with Gasteiger partial charge in [-0.25, -0.2) is 0 Å². The van der Waals surface area contributed by atoms with Crippen molar-refractivity contribution in [1.29, 1.82) is 0 Å². The highest BCUT2D eigenvalue weighted by atomic mass is 15.2. The van der Waals surface area contributed by atoms with Gasteiger partial charge in [0.15, 0.2) is 0 Å². The zero-order valence-corrected chi connectivity index (χ0v) is 44.6. The van der Waals surface area contributed by atoms with E-state index in [1.807, 2.05) is 36.4 Å². The number of benzene rings is 12. The highest BCUT2D eigenvalue weighted by Crippen LogP contribution is 2.45. The van der Waals surface area contributed by atoms with Crippen LogP contribution in [0.3, 0.4) is 0 Å². The van der Waals surface area contributed by atoms with E-state index in [-0.39, 0.29) is 0 Å². The lowest BCUT2D eigenvalue weighted by atomic mass is 10.0. The third-order valence-electron chi connectivity index (χ3n) is 14.2. The van der Waals surface area contributed by atoms with Crippen LogP contribution in [0.1, 0.15) is 22.3 Å². The molecular formula is C76H60N4. The maximum absolute atomic E-state index is 4.04. The number of fused-ring (bicyclic) bond motifs is 2. The predicted molar refractivity (Wildman–Crippen MR) is 347 cm³/mol. The van der Waals surface area contributed by atoms with Crippen LogP contribution in [-0.4, -0.2) is 0 Å². The van der Waals surface area contributed by atoms with Gasteiger partial charge in [-0.05, 0) is 160 Å². The van der Waals surface area contributed by atoms with Crippen LogP contribution >= 0.6 is 0 Å². The molecule has 0 unspecified atom stereocenters. The summed E-state index contributed by atoms with van der Waals surface area (Å²) in [6.45, 7) is 16.0. The van der Waals surface area contributed by atoms with Crippen LogP contribution in [0.4, 0.5) is 68.2 Å². The molecule has 0 atom stereocenters. The van der Waals surface area contributed by atoms with Crippen LogP contribution in [0.5, 0.6) is 0 Å². The third-order valence-corrected chi connectivity index (χ3v) is 14.2. The Bertz CT molecular complexity index is 3850. The molecule has 0 aliphatic rings. The lowest BCUT2D eigenvalue weighted by Crippen LogP contribution is -2.14. The molecule has 0 aromatic heterocycles. The highest BCUT2D eigenvalue weighted by molar-refractivity contribution is 6.01. The molecule has 0 aliphatic heterocycles. The fourth-order valence-electron chi connectivity index (χ4n) is 10.4. The van der Waals surface area contributed by atoms with Crippen LogP contribution in [0.2, 0.25) is 0 Å². The van der Waals surface area contributed by atoms with Gasteiger partial charge in [0.25, 0.3) is 0 Å². The van der Waals surface area contributed by atoms with Crippen LogP contribution in [-0.2, 0) is 0 Å². The minimum Gasteiger partial charge on any atom is -0.310 e. The number of anilines is 12. The first-order chi connectivity index (χ1) is 39.5. The largest absolute Gasteiger partial charge is 0.310 e. The van der Waals surface area contributed by atoms with Crippen molar-refractivity contribution in [2.24, 2.45) is 0 Å². The van der Waals surface area contributed by atoms with Gasteiger partial charge < -0.3 is 19.6 Å². The van der Waals surface area contributed by atoms with E-state index in [0.29, 0.717) is 0 Å². The predicted octanol–water partition coefficient (Wildman–Crippen LogP) is 22.1. The normalized spacial score (nSPS) is 10.7. The van der Waals surface area contributed by atoms with Crippen LogP contribution in [0, 0.1) is 0 Å². The number of para-hydroxylation sites is 2. The zero-order chi connectivity index (χ0) is 54.6. The molecule has 0 radical (unpaired) electrons. The van der Waals surface area contributed by atoms with Crippen molar-refractivity contribution in [3.05, 3.63) is 340 Å². The number of hydrogen-bond donors (Lipinski definition) is 0. The summed E-state index contributed by atoms with van der Waals surface area (Å²) in [5, 5.41) is 4.78. The van der Waals surface area contributed by atoms with Gasteiger partial charge in [-0.15, -0.1) is 0 Å². The van der Waals surface area contributed by atoms with Crippen LogP contribution < -0.4 is 19.6 Å². The van der Waals surface area contributed by atoms with Crippen molar-refractivity contribution >= 4 is 114 Å². The number of rotatable bonds is 16. The third kappa shape index (κ3) is 11.1. The van der Waals surface area contributed by atoms with E-state index in [9.17, 15) is 0 Å². The Labute approximate surface area is 471 Å². The van der Waals surface area contributed by atoms with Crippen LogP contribution in [0.15, 0.2) is 318 Å². The van der Waals surface area contributed by atoms with Crippen molar-refractivity contribution in [3.8, 4) is 0 Å². The molecule has 0 N–H and O–H groups in total. The average molecular weight is 1030 g/mol. The molecule has 4 nitrogen and oxygen atoms in total. The highest BCUT2D eigenvalue weighted by Gasteiger charge is 2.21. The molecule has 0 amide bonds. The zero-order valence-electron chi connectivity index (χ0n) is 44.6. The van der Waals surface area contributed by atoms with E-state index >= 15 is 0 Å². The van der Waals surface area contributed by atoms with Gasteiger partial charge in [-0.1, -0.05) is 214 Å². The lowest BCUT2D eigenvalue weighted by molar-refractivity contribution is 1.25. The molecule has 384 valence electrons. The van der Waals surface area contributed by atoms with Gasteiger partial charge in [-0.2, -0.15) is 0 Å². The Hall–Kier alpha value is -10.7. The summed E-state index contributed by atoms with van der Waals surface area (Å²) >= 11 is 0. The Morgan fingerprint density at radius 3 is 0.800 bits per heavy atom. The smallest absolute Gasteiger partial charge is 0.0540 e. The average Bonchev–Trinajstić information content (AvgIpc) is 3.58. The van der Waals surface area contributed by atoms with Crippen molar-refractivity contribution in [2.45, 2.75) is 0 Å². The Kier molecular flexibility index (Phi) is 15.5. The molecule has 0 heterocycles. The molecule has 12 rings (SSSR count). The van der Waals surface area contributed by atoms with Crippen molar-refractivity contribution in [1.82, 2.24) is 0 Å². The standard InChI is InChI=1S/C42H32N2.C34H28N2/c1-3-31-14-9-20-35(28-31)43(41-26-11-18-33-16-5-7-24-39(33)41)37-22-13-23-38(30-37)44(36-21-10-15-32(4-2)29-36)42-27-12-19-34-17-6-8-25-40(34)42;1-3-27-13-11-19-33(25-27)35(29-15-7-5-8-16-29)31-21-23-32(24-22-31)36(30-17-9-6-10-18-30)34-20-12-14-28(4-2)26-34/h3-30H,1-2H2;3-26H,1-2H2. The monoisotopic (exact) mass is 1030 g/mol. The van der Waals surface area contributed by atoms with E-state index in [0.717, 1.165) is 90.5 Å². The second-order valence-electron chi connectivity index (χ2n) is 19.2. The van der Waals surface area contributed by atoms with Gasteiger partial charge >= 0.3 is 0 Å². The lowest BCUT2D eigenvalue weighted by Gasteiger charge is -2.30. The molecule has 0 saturated carbocycles. The molecule has 12 aromatic rings. The fourth-order valence-corrected chi connectivity index (χ4v) is 10.4. The van der Waals surface area contributed by atoms with E-state index in [1.54, 1.807) is 0 Å². The van der Waals surface area contributed by atoms with Crippen molar-refractivity contribution in [3.63, 3.8) is 0 Å². The Morgan fingerprint density at radius 2 is 0.450 bits per heavy atom. The molecule has 0 bridgehead atoms. The minimum atomic E-state index is 1.06. The Balaban J connectivity index is 0.000000172. The van der Waals surface area contributed by atoms with E-state index in [1.165, 1.54) is 21.5 Å². The summed E-state index contributed by atoms with van der Waals surface area (Å²) in [6, 6.07) is 102. The molecule has 0 fully saturated rings. The molecule has 0 spiro atoms. The Morgan fingerprint density at radius 1 is 0.200 bits per heavy atom. The second kappa shape index (κ2) is 24.1. The van der Waals surface area contributed by atoms with Gasteiger partial charge in [0.05, 0.1) is 11.4 Å². The van der Waals surface area contributed by atoms with E-state index in [4.69, 9.17) is 0 Å². The van der Waals surface area contributed by atoms with Gasteiger partial charge in [0.1, 0.15) is 0 Å². The quantitative estimate of drug-likeness (QED) is 0.0956. The van der Waals surface area contributed by atoms with E-state index in [2.05, 4.69) is 325 Å². The summed E-state index contributed by atoms with van der Waals surface area (Å²) in [6.07, 6.45) is 7.56. The first kappa shape index (κ1) is 51.4. The maximum atomic E-state index is 4.04. The summed E-state index contributed by atoms with van der Waals surface area (Å²) in [5.74, 6) is 0. The fraction of sp³-hybridized carbons (Fsp3) is 0. The summed E-state index contributed by atoms with van der Waals surface area (Å²) in [4.78, 5) is 9.23. The molecule has 12 aromatic carbocycles. The summed E-state index contributed by atoms with van der Waals surface area (Å²) in [5.41, 5.74) is 17.4. The summed E-state index contributed by atoms with van der Waals surface area (Å²) < 4.78 is 0. The minimum absolute atomic E-state index is 1.06. The van der Waals surface area contributed by atoms with Gasteiger partial charge in [-0.3, -0.25) is 0 Å².